The van der Waals surface area contributed by atoms with Crippen molar-refractivity contribution in [2.24, 2.45) is 0 Å². The molecule has 1 saturated heterocycles. The molecule has 0 N–H and O–H groups in total. The van der Waals surface area contributed by atoms with E-state index in [0.29, 0.717) is 49.0 Å². The molecule has 33 heavy (non-hydrogen) atoms. The number of thiophene rings is 1. The van der Waals surface area contributed by atoms with Crippen molar-refractivity contribution in [2.45, 2.75) is 20.8 Å². The number of hydrogen-bond acceptors (Lipinski definition) is 8. The van der Waals surface area contributed by atoms with Crippen molar-refractivity contribution < 1.29 is 19.0 Å². The molecule has 3 aromatic rings. The van der Waals surface area contributed by atoms with E-state index < -0.39 is 0 Å². The number of rotatable bonds is 5. The van der Waals surface area contributed by atoms with E-state index in [2.05, 4.69) is 23.7 Å². The fourth-order valence-electron chi connectivity index (χ4n) is 4.07. The van der Waals surface area contributed by atoms with Crippen molar-refractivity contribution in [3.05, 3.63) is 34.0 Å². The van der Waals surface area contributed by atoms with Gasteiger partial charge in [-0.25, -0.2) is 9.97 Å². The van der Waals surface area contributed by atoms with Crippen LogP contribution in [0.5, 0.6) is 17.2 Å². The number of piperazine rings is 1. The summed E-state index contributed by atoms with van der Waals surface area (Å²) in [4.78, 5) is 29.0. The zero-order valence-corrected chi connectivity index (χ0v) is 21.4. The minimum absolute atomic E-state index is 0. The first-order valence-electron chi connectivity index (χ1n) is 10.5. The molecule has 1 aliphatic rings. The van der Waals surface area contributed by atoms with Crippen LogP contribution in [0.3, 0.4) is 0 Å². The van der Waals surface area contributed by atoms with Crippen molar-refractivity contribution in [1.29, 1.82) is 0 Å². The van der Waals surface area contributed by atoms with E-state index in [-0.39, 0.29) is 18.3 Å². The molecule has 0 atom stereocenters. The van der Waals surface area contributed by atoms with Gasteiger partial charge in [0.05, 0.1) is 26.7 Å². The summed E-state index contributed by atoms with van der Waals surface area (Å²) in [6.07, 6.45) is 0. The van der Waals surface area contributed by atoms with E-state index in [0.717, 1.165) is 21.9 Å². The van der Waals surface area contributed by atoms with E-state index in [1.165, 1.54) is 10.4 Å². The maximum Gasteiger partial charge on any atom is 0.254 e. The monoisotopic (exact) mass is 492 g/mol. The van der Waals surface area contributed by atoms with Crippen LogP contribution in [-0.4, -0.2) is 68.3 Å². The average molecular weight is 493 g/mol. The largest absolute Gasteiger partial charge is 0.493 e. The summed E-state index contributed by atoms with van der Waals surface area (Å²) >= 11 is 1.71. The lowest BCUT2D eigenvalue weighted by Gasteiger charge is -2.36. The molecule has 2 aromatic heterocycles. The number of amides is 1. The topological polar surface area (TPSA) is 77.0 Å². The average Bonchev–Trinajstić information content (AvgIpc) is 3.09. The molecule has 0 spiro atoms. The van der Waals surface area contributed by atoms with Gasteiger partial charge in [0, 0.05) is 36.6 Å². The summed E-state index contributed by atoms with van der Waals surface area (Å²) in [6, 6.07) is 3.40. The molecular weight excluding hydrogens is 464 g/mol. The number of aromatic nitrogens is 2. The minimum atomic E-state index is -0.0597. The van der Waals surface area contributed by atoms with Gasteiger partial charge >= 0.3 is 0 Å². The smallest absolute Gasteiger partial charge is 0.254 e. The van der Waals surface area contributed by atoms with Crippen molar-refractivity contribution >= 4 is 45.7 Å². The molecule has 10 heteroatoms. The Labute approximate surface area is 203 Å². The third-order valence-corrected chi connectivity index (χ3v) is 7.00. The molecule has 0 aliphatic carbocycles. The molecule has 1 aromatic carbocycles. The van der Waals surface area contributed by atoms with Crippen LogP contribution in [0, 0.1) is 20.8 Å². The number of benzene rings is 1. The van der Waals surface area contributed by atoms with Gasteiger partial charge in [0.1, 0.15) is 16.5 Å². The summed E-state index contributed by atoms with van der Waals surface area (Å²) in [5.41, 5.74) is 1.74. The standard InChI is InChI=1S/C23H28N4O4S.ClH/c1-13-14(2)32-22-19(13)21(24-15(3)25-22)26-7-9-27(10-8-26)23(28)16-11-17(29-4)20(31-6)18(12-16)30-5;/h11-12H,7-10H2,1-6H3;1H. The number of halogens is 1. The van der Waals surface area contributed by atoms with Crippen LogP contribution in [0.4, 0.5) is 5.82 Å². The maximum absolute atomic E-state index is 13.2. The number of carbonyl (C=O) groups is 1. The summed E-state index contributed by atoms with van der Waals surface area (Å²) in [7, 11) is 4.63. The first-order valence-corrected chi connectivity index (χ1v) is 11.3. The molecule has 0 bridgehead atoms. The van der Waals surface area contributed by atoms with Crippen molar-refractivity contribution in [3.63, 3.8) is 0 Å². The van der Waals surface area contributed by atoms with Gasteiger partial charge in [-0.05, 0) is 38.5 Å². The number of anilines is 1. The Bertz CT molecular complexity index is 1150. The highest BCUT2D eigenvalue weighted by Crippen LogP contribution is 2.39. The molecule has 1 amide bonds. The Morgan fingerprint density at radius 3 is 2.09 bits per heavy atom. The van der Waals surface area contributed by atoms with Gasteiger partial charge in [-0.1, -0.05) is 0 Å². The minimum Gasteiger partial charge on any atom is -0.493 e. The Morgan fingerprint density at radius 2 is 1.55 bits per heavy atom. The molecule has 0 radical (unpaired) electrons. The molecule has 1 fully saturated rings. The fourth-order valence-corrected chi connectivity index (χ4v) is 5.14. The van der Waals surface area contributed by atoms with Crippen LogP contribution in [0.2, 0.25) is 0 Å². The Morgan fingerprint density at radius 1 is 0.939 bits per heavy atom. The molecule has 1 aliphatic heterocycles. The lowest BCUT2D eigenvalue weighted by molar-refractivity contribution is 0.0745. The van der Waals surface area contributed by atoms with Crippen LogP contribution in [-0.2, 0) is 0 Å². The molecule has 3 heterocycles. The summed E-state index contributed by atoms with van der Waals surface area (Å²) in [5.74, 6) is 3.09. The first kappa shape index (κ1) is 24.9. The highest BCUT2D eigenvalue weighted by atomic mass is 35.5. The number of aryl methyl sites for hydroxylation is 3. The van der Waals surface area contributed by atoms with Crippen LogP contribution in [0.1, 0.15) is 26.6 Å². The summed E-state index contributed by atoms with van der Waals surface area (Å²) in [5, 5.41) is 1.13. The maximum atomic E-state index is 13.2. The van der Waals surface area contributed by atoms with Crippen molar-refractivity contribution in [1.82, 2.24) is 14.9 Å². The highest BCUT2D eigenvalue weighted by Gasteiger charge is 2.27. The number of hydrogen-bond donors (Lipinski definition) is 0. The molecular formula is C23H29ClN4O4S. The van der Waals surface area contributed by atoms with E-state index in [1.54, 1.807) is 44.8 Å². The van der Waals surface area contributed by atoms with Gasteiger partial charge in [-0.15, -0.1) is 23.7 Å². The second kappa shape index (κ2) is 10.0. The summed E-state index contributed by atoms with van der Waals surface area (Å²) < 4.78 is 16.2. The molecule has 0 saturated carbocycles. The third-order valence-electron chi connectivity index (χ3n) is 5.90. The van der Waals surface area contributed by atoms with Gasteiger partial charge in [0.25, 0.3) is 5.91 Å². The second-order valence-electron chi connectivity index (χ2n) is 7.75. The lowest BCUT2D eigenvalue weighted by Crippen LogP contribution is -2.49. The van der Waals surface area contributed by atoms with E-state index >= 15 is 0 Å². The second-order valence-corrected chi connectivity index (χ2v) is 8.95. The van der Waals surface area contributed by atoms with Crippen LogP contribution >= 0.6 is 23.7 Å². The zero-order chi connectivity index (χ0) is 23.0. The van der Waals surface area contributed by atoms with Crippen LogP contribution in [0.25, 0.3) is 10.2 Å². The molecule has 8 nitrogen and oxygen atoms in total. The molecule has 4 rings (SSSR count). The number of methoxy groups -OCH3 is 3. The first-order chi connectivity index (χ1) is 15.4. The predicted molar refractivity (Wildman–Crippen MR) is 133 cm³/mol. The van der Waals surface area contributed by atoms with Gasteiger partial charge in [0.15, 0.2) is 11.5 Å². The third kappa shape index (κ3) is 4.52. The Hall–Kier alpha value is -2.78. The van der Waals surface area contributed by atoms with Crippen molar-refractivity contribution in [2.75, 3.05) is 52.4 Å². The van der Waals surface area contributed by atoms with Gasteiger partial charge < -0.3 is 24.0 Å². The number of carbonyl (C=O) groups excluding carboxylic acids is 1. The van der Waals surface area contributed by atoms with Gasteiger partial charge in [0.2, 0.25) is 5.75 Å². The Balaban J connectivity index is 0.00000306. The number of fused-ring (bicyclic) bond motifs is 1. The number of nitrogens with zero attached hydrogens (tertiary/aromatic N) is 4. The van der Waals surface area contributed by atoms with E-state index in [9.17, 15) is 4.79 Å². The van der Waals surface area contributed by atoms with Gasteiger partial charge in [-0.2, -0.15) is 0 Å². The molecule has 178 valence electrons. The normalized spacial score (nSPS) is 13.6. The van der Waals surface area contributed by atoms with Crippen LogP contribution < -0.4 is 19.1 Å². The quantitative estimate of drug-likeness (QED) is 0.532. The van der Waals surface area contributed by atoms with E-state index in [1.807, 2.05) is 11.8 Å². The zero-order valence-electron chi connectivity index (χ0n) is 19.7. The molecule has 0 unspecified atom stereocenters. The SMILES string of the molecule is COc1cc(C(=O)N2CCN(c3nc(C)nc4sc(C)c(C)c34)CC2)cc(OC)c1OC.Cl. The predicted octanol–water partition coefficient (Wildman–Crippen LogP) is 4.03. The Kier molecular flexibility index (Phi) is 7.54. The lowest BCUT2D eigenvalue weighted by atomic mass is 10.1. The summed E-state index contributed by atoms with van der Waals surface area (Å²) in [6.45, 7) is 8.78. The van der Waals surface area contributed by atoms with Gasteiger partial charge in [-0.3, -0.25) is 4.79 Å². The number of ether oxygens (including phenoxy) is 3. The van der Waals surface area contributed by atoms with E-state index in [4.69, 9.17) is 19.2 Å². The highest BCUT2D eigenvalue weighted by molar-refractivity contribution is 7.18. The van der Waals surface area contributed by atoms with Crippen molar-refractivity contribution in [3.8, 4) is 17.2 Å². The van der Waals surface area contributed by atoms with Crippen LogP contribution in [0.15, 0.2) is 12.1 Å². The fraction of sp³-hybridized carbons (Fsp3) is 0.435.